The predicted molar refractivity (Wildman–Crippen MR) is 82.1 cm³/mol. The number of nitrogens with zero attached hydrogens (tertiary/aromatic N) is 2. The number of aromatic nitrogens is 2. The summed E-state index contributed by atoms with van der Waals surface area (Å²) >= 11 is 0. The number of pyridine rings is 1. The minimum absolute atomic E-state index is 0.242. The molecular weight excluding hydrogens is 280 g/mol. The molecule has 0 saturated heterocycles. The van der Waals surface area contributed by atoms with Gasteiger partial charge in [-0.1, -0.05) is 24.3 Å². The molecule has 3 aromatic rings. The summed E-state index contributed by atoms with van der Waals surface area (Å²) in [7, 11) is 1.75. The van der Waals surface area contributed by atoms with Gasteiger partial charge in [-0.25, -0.2) is 4.98 Å². The fourth-order valence-electron chi connectivity index (χ4n) is 2.13. The molecule has 0 spiro atoms. The van der Waals surface area contributed by atoms with Gasteiger partial charge < -0.3 is 4.57 Å². The Morgan fingerprint density at radius 1 is 0.955 bits per heavy atom. The molecule has 2 aromatic heterocycles. The van der Waals surface area contributed by atoms with E-state index in [4.69, 9.17) is 0 Å². The second-order valence-corrected chi connectivity index (χ2v) is 4.80. The van der Waals surface area contributed by atoms with Gasteiger partial charge >= 0.3 is 0 Å². The molecule has 2 amide bonds. The molecule has 0 fully saturated rings. The van der Waals surface area contributed by atoms with Gasteiger partial charge in [-0.2, -0.15) is 0 Å². The van der Waals surface area contributed by atoms with Crippen LogP contribution in [0, 0.1) is 0 Å². The maximum Gasteiger partial charge on any atom is 0.288 e. The summed E-state index contributed by atoms with van der Waals surface area (Å²) in [6, 6.07) is 14.4. The first-order chi connectivity index (χ1) is 10.6. The monoisotopic (exact) mass is 294 g/mol. The van der Waals surface area contributed by atoms with Crippen LogP contribution in [0.4, 0.5) is 0 Å². The van der Waals surface area contributed by atoms with Gasteiger partial charge in [-0.15, -0.1) is 0 Å². The molecule has 0 aliphatic carbocycles. The average Bonchev–Trinajstić information content (AvgIpc) is 2.98. The van der Waals surface area contributed by atoms with E-state index in [1.54, 1.807) is 36.0 Å². The van der Waals surface area contributed by atoms with E-state index < -0.39 is 5.91 Å². The third kappa shape index (κ3) is 2.67. The maximum absolute atomic E-state index is 12.1. The quantitative estimate of drug-likeness (QED) is 0.706. The molecule has 0 bridgehead atoms. The summed E-state index contributed by atoms with van der Waals surface area (Å²) in [5, 5.41) is 0.951. The van der Waals surface area contributed by atoms with Gasteiger partial charge in [0.15, 0.2) is 0 Å². The number of fused-ring (bicyclic) bond motifs is 1. The van der Waals surface area contributed by atoms with Crippen LogP contribution < -0.4 is 10.9 Å². The van der Waals surface area contributed by atoms with E-state index in [1.807, 2.05) is 30.3 Å². The van der Waals surface area contributed by atoms with Crippen LogP contribution in [-0.4, -0.2) is 21.4 Å². The number of aryl methyl sites for hydroxylation is 1. The number of hydrogen-bond acceptors (Lipinski definition) is 3. The smallest absolute Gasteiger partial charge is 0.288 e. The number of benzene rings is 1. The van der Waals surface area contributed by atoms with Gasteiger partial charge in [0.2, 0.25) is 0 Å². The molecular formula is C16H14N4O2. The van der Waals surface area contributed by atoms with Crippen molar-refractivity contribution in [3.63, 3.8) is 0 Å². The van der Waals surface area contributed by atoms with E-state index in [-0.39, 0.29) is 11.6 Å². The Labute approximate surface area is 126 Å². The molecule has 1 aromatic carbocycles. The number of hydrazine groups is 1. The van der Waals surface area contributed by atoms with Crippen LogP contribution in [-0.2, 0) is 7.05 Å². The van der Waals surface area contributed by atoms with E-state index in [9.17, 15) is 9.59 Å². The lowest BCUT2D eigenvalue weighted by molar-refractivity contribution is 0.0839. The van der Waals surface area contributed by atoms with Crippen LogP contribution in [0.25, 0.3) is 10.9 Å². The third-order valence-corrected chi connectivity index (χ3v) is 3.30. The Morgan fingerprint density at radius 2 is 1.73 bits per heavy atom. The lowest BCUT2D eigenvalue weighted by atomic mass is 10.2. The Kier molecular flexibility index (Phi) is 3.57. The van der Waals surface area contributed by atoms with Gasteiger partial charge in [0, 0.05) is 18.6 Å². The predicted octanol–water partition coefficient (Wildman–Crippen LogP) is 1.65. The fourth-order valence-corrected chi connectivity index (χ4v) is 2.13. The number of rotatable bonds is 2. The van der Waals surface area contributed by atoms with Crippen molar-refractivity contribution in [2.45, 2.75) is 0 Å². The normalized spacial score (nSPS) is 10.4. The zero-order chi connectivity index (χ0) is 15.5. The molecule has 22 heavy (non-hydrogen) atoms. The molecule has 0 saturated carbocycles. The van der Waals surface area contributed by atoms with Gasteiger partial charge in [-0.3, -0.25) is 20.4 Å². The molecule has 0 unspecified atom stereocenters. The Morgan fingerprint density at radius 3 is 2.50 bits per heavy atom. The van der Waals surface area contributed by atoms with E-state index in [1.165, 1.54) is 0 Å². The van der Waals surface area contributed by atoms with Crippen molar-refractivity contribution in [2.24, 2.45) is 7.05 Å². The third-order valence-electron chi connectivity index (χ3n) is 3.30. The lowest BCUT2D eigenvalue weighted by Gasteiger charge is -2.08. The minimum Gasteiger partial charge on any atom is -0.347 e. The number of para-hydroxylation sites is 1. The summed E-state index contributed by atoms with van der Waals surface area (Å²) in [6.45, 7) is 0. The summed E-state index contributed by atoms with van der Waals surface area (Å²) in [5.74, 6) is -0.852. The second kappa shape index (κ2) is 5.69. The molecule has 2 N–H and O–H groups in total. The highest BCUT2D eigenvalue weighted by Gasteiger charge is 2.12. The average molecular weight is 294 g/mol. The van der Waals surface area contributed by atoms with Gasteiger partial charge in [-0.05, 0) is 24.3 Å². The van der Waals surface area contributed by atoms with Crippen molar-refractivity contribution in [3.05, 3.63) is 66.1 Å². The molecule has 0 aliphatic rings. The largest absolute Gasteiger partial charge is 0.347 e. The molecule has 3 rings (SSSR count). The molecule has 6 heteroatoms. The van der Waals surface area contributed by atoms with Crippen molar-refractivity contribution in [1.29, 1.82) is 0 Å². The SMILES string of the molecule is Cn1cccc1C(=O)NNC(=O)c1ccc2ccccc2n1. The highest BCUT2D eigenvalue weighted by Crippen LogP contribution is 2.11. The van der Waals surface area contributed by atoms with Crippen molar-refractivity contribution in [2.75, 3.05) is 0 Å². The Bertz CT molecular complexity index is 854. The molecule has 0 aliphatic heterocycles. The minimum atomic E-state index is -0.465. The second-order valence-electron chi connectivity index (χ2n) is 4.80. The molecule has 2 heterocycles. The van der Waals surface area contributed by atoms with Crippen molar-refractivity contribution in [1.82, 2.24) is 20.4 Å². The molecule has 0 atom stereocenters. The number of amides is 2. The number of nitrogens with one attached hydrogen (secondary N) is 2. The molecule has 6 nitrogen and oxygen atoms in total. The number of carbonyl (C=O) groups is 2. The van der Waals surface area contributed by atoms with Crippen LogP contribution >= 0.6 is 0 Å². The first kappa shape index (κ1) is 13.8. The van der Waals surface area contributed by atoms with Gasteiger partial charge in [0.1, 0.15) is 11.4 Å². The summed E-state index contributed by atoms with van der Waals surface area (Å²) in [6.07, 6.45) is 1.75. The fraction of sp³-hybridized carbons (Fsp3) is 0.0625. The number of hydrogen-bond donors (Lipinski definition) is 2. The summed E-state index contributed by atoms with van der Waals surface area (Å²) in [4.78, 5) is 28.2. The van der Waals surface area contributed by atoms with Crippen LogP contribution in [0.2, 0.25) is 0 Å². The maximum atomic E-state index is 12.1. The van der Waals surface area contributed by atoms with E-state index in [2.05, 4.69) is 15.8 Å². The van der Waals surface area contributed by atoms with Crippen LogP contribution in [0.15, 0.2) is 54.7 Å². The molecule has 110 valence electrons. The lowest BCUT2D eigenvalue weighted by Crippen LogP contribution is -2.42. The van der Waals surface area contributed by atoms with Crippen LogP contribution in [0.5, 0.6) is 0 Å². The number of carbonyl (C=O) groups excluding carboxylic acids is 2. The van der Waals surface area contributed by atoms with Crippen molar-refractivity contribution in [3.8, 4) is 0 Å². The molecule has 0 radical (unpaired) electrons. The van der Waals surface area contributed by atoms with Gasteiger partial charge in [0.25, 0.3) is 11.8 Å². The topological polar surface area (TPSA) is 76.0 Å². The zero-order valence-electron chi connectivity index (χ0n) is 11.9. The van der Waals surface area contributed by atoms with E-state index >= 15 is 0 Å². The zero-order valence-corrected chi connectivity index (χ0v) is 11.9. The standard InChI is InChI=1S/C16H14N4O2/c1-20-10-4-7-14(20)16(22)19-18-15(21)13-9-8-11-5-2-3-6-12(11)17-13/h2-10H,1H3,(H,18,21)(H,19,22). The first-order valence-electron chi connectivity index (χ1n) is 6.73. The Hall–Kier alpha value is -3.15. The van der Waals surface area contributed by atoms with Crippen molar-refractivity contribution >= 4 is 22.7 Å². The van der Waals surface area contributed by atoms with Gasteiger partial charge in [0.05, 0.1) is 5.52 Å². The first-order valence-corrected chi connectivity index (χ1v) is 6.73. The highest BCUT2D eigenvalue weighted by atomic mass is 16.2. The van der Waals surface area contributed by atoms with E-state index in [0.717, 1.165) is 10.9 Å². The van der Waals surface area contributed by atoms with Crippen LogP contribution in [0.1, 0.15) is 21.0 Å². The summed E-state index contributed by atoms with van der Waals surface area (Å²) < 4.78 is 1.66. The van der Waals surface area contributed by atoms with E-state index in [0.29, 0.717) is 5.69 Å². The summed E-state index contributed by atoms with van der Waals surface area (Å²) in [5.41, 5.74) is 6.16. The van der Waals surface area contributed by atoms with Crippen LogP contribution in [0.3, 0.4) is 0 Å². The van der Waals surface area contributed by atoms with Crippen molar-refractivity contribution < 1.29 is 9.59 Å². The highest BCUT2D eigenvalue weighted by molar-refractivity contribution is 5.98. The Balaban J connectivity index is 1.71.